The molecule has 69 heavy (non-hydrogen) atoms. The number of allylic oxidation sites excluding steroid dienone is 12. The highest BCUT2D eigenvalue weighted by Crippen LogP contribution is 2.43. The second-order valence-corrected chi connectivity index (χ2v) is 21.7. The largest absolute Gasteiger partial charge is 0.472 e. The van der Waals surface area contributed by atoms with E-state index in [1.54, 1.807) is 0 Å². The van der Waals surface area contributed by atoms with Crippen molar-refractivity contribution in [3.8, 4) is 0 Å². The second kappa shape index (κ2) is 52.3. The summed E-state index contributed by atoms with van der Waals surface area (Å²) < 4.78 is 35.3. The summed E-state index contributed by atoms with van der Waals surface area (Å²) in [4.78, 5) is 23.1. The molecule has 0 saturated heterocycles. The number of unbranched alkanes of at least 4 members (excludes halogenated alkanes) is 27. The molecular formula is C60H111NO7P+. The second-order valence-electron chi connectivity index (χ2n) is 20.3. The molecule has 2 atom stereocenters. The van der Waals surface area contributed by atoms with Crippen molar-refractivity contribution in [3.05, 3.63) is 72.9 Å². The standard InChI is InChI=1S/C60H110NO7P/c1-6-8-10-12-14-16-18-20-22-24-26-28-29-30-31-32-34-36-38-40-42-44-46-48-50-52-55-65-57-59(58-67-69(63,64)66-56-54-61(3,4)5)68-60(62)53-51-49-47-45-43-41-39-37-35-33-27-25-23-21-19-17-15-13-11-9-7-2/h8,10,14,16,20,22,25-28,30-31,59H,6-7,9,11-13,15,17-19,21,23-24,29,32-58H2,1-5H3/p+1/b10-8-,16-14-,22-20-,27-25-,28-26-,31-30-. The molecular weight excluding hydrogens is 878 g/mol. The topological polar surface area (TPSA) is 91.3 Å². The highest BCUT2D eigenvalue weighted by molar-refractivity contribution is 7.47. The number of quaternary nitrogens is 1. The Bertz CT molecular complexity index is 1330. The average Bonchev–Trinajstić information content (AvgIpc) is 3.31. The Labute approximate surface area is 427 Å². The summed E-state index contributed by atoms with van der Waals surface area (Å²) in [6.07, 6.45) is 69.6. The lowest BCUT2D eigenvalue weighted by atomic mass is 10.1. The van der Waals surface area contributed by atoms with Gasteiger partial charge in [0.15, 0.2) is 0 Å². The predicted octanol–water partition coefficient (Wildman–Crippen LogP) is 18.2. The van der Waals surface area contributed by atoms with E-state index in [4.69, 9.17) is 18.5 Å². The van der Waals surface area contributed by atoms with Gasteiger partial charge in [0, 0.05) is 13.0 Å². The fourth-order valence-corrected chi connectivity index (χ4v) is 8.61. The molecule has 402 valence electrons. The summed E-state index contributed by atoms with van der Waals surface area (Å²) in [5.74, 6) is -0.317. The van der Waals surface area contributed by atoms with Gasteiger partial charge in [0.25, 0.3) is 0 Å². The van der Waals surface area contributed by atoms with Crippen LogP contribution in [0.2, 0.25) is 0 Å². The van der Waals surface area contributed by atoms with E-state index in [2.05, 4.69) is 86.8 Å². The summed E-state index contributed by atoms with van der Waals surface area (Å²) >= 11 is 0. The first-order chi connectivity index (χ1) is 33.6. The van der Waals surface area contributed by atoms with Gasteiger partial charge in [0.05, 0.1) is 34.4 Å². The predicted molar refractivity (Wildman–Crippen MR) is 298 cm³/mol. The molecule has 0 bridgehead atoms. The summed E-state index contributed by atoms with van der Waals surface area (Å²) in [5.41, 5.74) is 0. The Hall–Kier alpha value is -2.06. The first kappa shape index (κ1) is 66.9. The number of carbonyl (C=O) groups is 1. The van der Waals surface area contributed by atoms with Crippen molar-refractivity contribution in [3.63, 3.8) is 0 Å². The van der Waals surface area contributed by atoms with E-state index in [0.717, 1.165) is 64.2 Å². The van der Waals surface area contributed by atoms with E-state index < -0.39 is 13.9 Å². The Morgan fingerprint density at radius 1 is 0.464 bits per heavy atom. The zero-order valence-electron chi connectivity index (χ0n) is 45.8. The molecule has 0 aliphatic carbocycles. The van der Waals surface area contributed by atoms with Gasteiger partial charge in [-0.1, -0.05) is 228 Å². The molecule has 0 radical (unpaired) electrons. The monoisotopic (exact) mass is 989 g/mol. The van der Waals surface area contributed by atoms with Crippen molar-refractivity contribution in [2.45, 2.75) is 251 Å². The van der Waals surface area contributed by atoms with Crippen LogP contribution in [-0.4, -0.2) is 75.6 Å². The minimum atomic E-state index is -4.29. The number of phosphoric acid groups is 1. The van der Waals surface area contributed by atoms with E-state index in [-0.39, 0.29) is 25.8 Å². The third kappa shape index (κ3) is 56.7. The average molecular weight is 990 g/mol. The molecule has 0 rings (SSSR count). The lowest BCUT2D eigenvalue weighted by Gasteiger charge is -2.24. The molecule has 2 unspecified atom stereocenters. The van der Waals surface area contributed by atoms with E-state index in [9.17, 15) is 14.3 Å². The maximum absolute atomic E-state index is 12.8. The van der Waals surface area contributed by atoms with Gasteiger partial charge in [-0.2, -0.15) is 0 Å². The third-order valence-electron chi connectivity index (χ3n) is 12.3. The zero-order valence-corrected chi connectivity index (χ0v) is 46.7. The van der Waals surface area contributed by atoms with Gasteiger partial charge in [-0.15, -0.1) is 0 Å². The lowest BCUT2D eigenvalue weighted by Crippen LogP contribution is -2.37. The van der Waals surface area contributed by atoms with Crippen LogP contribution in [0.1, 0.15) is 245 Å². The number of ether oxygens (including phenoxy) is 2. The maximum Gasteiger partial charge on any atom is 0.472 e. The summed E-state index contributed by atoms with van der Waals surface area (Å²) in [6, 6.07) is 0. The highest BCUT2D eigenvalue weighted by atomic mass is 31.2. The summed E-state index contributed by atoms with van der Waals surface area (Å²) in [7, 11) is 1.66. The van der Waals surface area contributed by atoms with Crippen molar-refractivity contribution >= 4 is 13.8 Å². The lowest BCUT2D eigenvalue weighted by molar-refractivity contribution is -0.870. The summed E-state index contributed by atoms with van der Waals surface area (Å²) in [6.45, 7) is 5.52. The van der Waals surface area contributed by atoms with Gasteiger partial charge in [0.1, 0.15) is 19.3 Å². The van der Waals surface area contributed by atoms with Crippen LogP contribution in [0.25, 0.3) is 0 Å². The van der Waals surface area contributed by atoms with Crippen molar-refractivity contribution in [2.75, 3.05) is 54.1 Å². The Morgan fingerprint density at radius 2 is 0.841 bits per heavy atom. The van der Waals surface area contributed by atoms with E-state index in [0.29, 0.717) is 24.1 Å². The quantitative estimate of drug-likeness (QED) is 0.0213. The number of phosphoric ester groups is 1. The van der Waals surface area contributed by atoms with Crippen molar-refractivity contribution < 1.29 is 37.3 Å². The van der Waals surface area contributed by atoms with Crippen LogP contribution in [-0.2, 0) is 27.9 Å². The molecule has 0 amide bonds. The van der Waals surface area contributed by atoms with Crippen molar-refractivity contribution in [1.29, 1.82) is 0 Å². The molecule has 0 aromatic heterocycles. The van der Waals surface area contributed by atoms with Crippen LogP contribution in [0, 0.1) is 0 Å². The molecule has 8 nitrogen and oxygen atoms in total. The van der Waals surface area contributed by atoms with Crippen LogP contribution < -0.4 is 0 Å². The summed E-state index contributed by atoms with van der Waals surface area (Å²) in [5, 5.41) is 0. The molecule has 0 aromatic carbocycles. The molecule has 1 N–H and O–H groups in total. The van der Waals surface area contributed by atoms with Gasteiger partial charge >= 0.3 is 13.8 Å². The zero-order chi connectivity index (χ0) is 50.5. The number of carbonyl (C=O) groups excluding carboxylic acids is 1. The van der Waals surface area contributed by atoms with Crippen LogP contribution in [0.4, 0.5) is 0 Å². The molecule has 0 fully saturated rings. The fraction of sp³-hybridized carbons (Fsp3) is 0.783. The van der Waals surface area contributed by atoms with Crippen LogP contribution in [0.15, 0.2) is 72.9 Å². The number of hydrogen-bond donors (Lipinski definition) is 1. The highest BCUT2D eigenvalue weighted by Gasteiger charge is 2.26. The van der Waals surface area contributed by atoms with Gasteiger partial charge in [-0.3, -0.25) is 13.8 Å². The number of nitrogens with zero attached hydrogens (tertiary/aromatic N) is 1. The minimum absolute atomic E-state index is 0.0851. The first-order valence-corrected chi connectivity index (χ1v) is 30.2. The van der Waals surface area contributed by atoms with E-state index >= 15 is 0 Å². The minimum Gasteiger partial charge on any atom is -0.457 e. The van der Waals surface area contributed by atoms with Gasteiger partial charge in [-0.05, 0) is 83.5 Å². The Balaban J connectivity index is 4.10. The number of likely N-dealkylation sites (N-methyl/N-ethyl adjacent to an activating group) is 1. The third-order valence-corrected chi connectivity index (χ3v) is 13.2. The fourth-order valence-electron chi connectivity index (χ4n) is 7.87. The van der Waals surface area contributed by atoms with Crippen LogP contribution in [0.3, 0.4) is 0 Å². The Kier molecular flexibility index (Phi) is 50.7. The van der Waals surface area contributed by atoms with Crippen molar-refractivity contribution in [2.24, 2.45) is 0 Å². The SMILES string of the molecule is CC/C=C\C/C=C\C/C=C\C/C=C\C/C=C\CCCCCCCCCCCCOCC(COP(=O)(O)OCC[N+](C)(C)C)OC(=O)CCCCCCCCCCC/C=C\CCCCCCCCCC. The maximum atomic E-state index is 12.8. The van der Waals surface area contributed by atoms with E-state index in [1.807, 2.05) is 21.1 Å². The molecule has 0 aliphatic rings. The van der Waals surface area contributed by atoms with Gasteiger partial charge in [-0.25, -0.2) is 4.57 Å². The van der Waals surface area contributed by atoms with Crippen LogP contribution >= 0.6 is 7.82 Å². The smallest absolute Gasteiger partial charge is 0.457 e. The number of rotatable bonds is 53. The Morgan fingerprint density at radius 3 is 1.28 bits per heavy atom. The number of esters is 1. The molecule has 0 aromatic rings. The normalized spacial score (nSPS) is 14.0. The molecule has 0 aliphatic heterocycles. The first-order valence-electron chi connectivity index (χ1n) is 28.7. The van der Waals surface area contributed by atoms with Gasteiger partial charge < -0.3 is 18.9 Å². The molecule has 0 heterocycles. The van der Waals surface area contributed by atoms with Crippen LogP contribution in [0.5, 0.6) is 0 Å². The molecule has 0 spiro atoms. The van der Waals surface area contributed by atoms with Crippen molar-refractivity contribution in [1.82, 2.24) is 0 Å². The molecule has 0 saturated carbocycles. The van der Waals surface area contributed by atoms with Gasteiger partial charge in [0.2, 0.25) is 0 Å². The van der Waals surface area contributed by atoms with E-state index in [1.165, 1.54) is 161 Å². The molecule has 9 heteroatoms. The number of hydrogen-bond acceptors (Lipinski definition) is 6.